The van der Waals surface area contributed by atoms with E-state index in [1.54, 1.807) is 11.8 Å². The van der Waals surface area contributed by atoms with Crippen molar-refractivity contribution in [2.24, 2.45) is 5.73 Å². The molecule has 0 aromatic carbocycles. The van der Waals surface area contributed by atoms with Gasteiger partial charge in [-0.3, -0.25) is 0 Å². The molecular formula is C10H19N3O2S. The van der Waals surface area contributed by atoms with Crippen LogP contribution in [0.1, 0.15) is 32.5 Å². The second-order valence-electron chi connectivity index (χ2n) is 4.22. The van der Waals surface area contributed by atoms with Crippen LogP contribution >= 0.6 is 11.8 Å². The molecule has 1 aromatic rings. The van der Waals surface area contributed by atoms with Gasteiger partial charge in [-0.2, -0.15) is 16.7 Å². The van der Waals surface area contributed by atoms with Crippen molar-refractivity contribution in [3.05, 3.63) is 11.7 Å². The lowest BCUT2D eigenvalue weighted by atomic mass is 10.1. The molecule has 0 aliphatic carbocycles. The fourth-order valence-corrected chi connectivity index (χ4v) is 1.44. The number of hydrogen-bond donors (Lipinski definition) is 1. The van der Waals surface area contributed by atoms with Crippen molar-refractivity contribution in [2.45, 2.75) is 38.2 Å². The van der Waals surface area contributed by atoms with E-state index in [9.17, 15) is 0 Å². The van der Waals surface area contributed by atoms with Crippen LogP contribution in [0.3, 0.4) is 0 Å². The Hall–Kier alpha value is -0.590. The number of nitrogens with zero attached hydrogens (tertiary/aromatic N) is 2. The predicted molar refractivity (Wildman–Crippen MR) is 64.1 cm³/mol. The van der Waals surface area contributed by atoms with Gasteiger partial charge >= 0.3 is 0 Å². The van der Waals surface area contributed by atoms with E-state index in [2.05, 4.69) is 10.1 Å². The maximum Gasteiger partial charge on any atom is 0.236 e. The zero-order valence-electron chi connectivity index (χ0n) is 10.2. The van der Waals surface area contributed by atoms with Gasteiger partial charge in [0.1, 0.15) is 5.54 Å². The van der Waals surface area contributed by atoms with E-state index >= 15 is 0 Å². The largest absolute Gasteiger partial charge is 0.376 e. The number of hydrogen-bond acceptors (Lipinski definition) is 6. The summed E-state index contributed by atoms with van der Waals surface area (Å²) in [4.78, 5) is 4.25. The second-order valence-corrected chi connectivity index (χ2v) is 5.09. The van der Waals surface area contributed by atoms with E-state index in [4.69, 9.17) is 15.0 Å². The maximum atomic E-state index is 6.08. The van der Waals surface area contributed by atoms with E-state index in [0.717, 1.165) is 0 Å². The summed E-state index contributed by atoms with van der Waals surface area (Å²) < 4.78 is 10.6. The van der Waals surface area contributed by atoms with Gasteiger partial charge in [-0.1, -0.05) is 5.16 Å². The van der Waals surface area contributed by atoms with Crippen molar-refractivity contribution >= 4 is 11.8 Å². The molecule has 2 N–H and O–H groups in total. The van der Waals surface area contributed by atoms with Gasteiger partial charge in [0.25, 0.3) is 0 Å². The molecule has 1 atom stereocenters. The minimum absolute atomic E-state index is 0.139. The monoisotopic (exact) mass is 245 g/mol. The molecule has 1 aromatic heterocycles. The van der Waals surface area contributed by atoms with Crippen LogP contribution in [0.25, 0.3) is 0 Å². The molecule has 0 fully saturated rings. The Morgan fingerprint density at radius 1 is 1.56 bits per heavy atom. The lowest BCUT2D eigenvalue weighted by molar-refractivity contribution is 0.0410. The summed E-state index contributed by atoms with van der Waals surface area (Å²) in [7, 11) is 0. The van der Waals surface area contributed by atoms with Crippen LogP contribution in [0, 0.1) is 0 Å². The zero-order valence-corrected chi connectivity index (χ0v) is 11.0. The third kappa shape index (κ3) is 3.77. The molecule has 1 rings (SSSR count). The third-order valence-corrected chi connectivity index (χ3v) is 2.50. The molecule has 0 radical (unpaired) electrons. The Morgan fingerprint density at radius 3 is 2.81 bits per heavy atom. The highest BCUT2D eigenvalue weighted by Gasteiger charge is 2.28. The molecule has 0 saturated heterocycles. The number of rotatable bonds is 6. The first-order chi connectivity index (χ1) is 7.45. The van der Waals surface area contributed by atoms with Gasteiger partial charge in [-0.05, 0) is 27.0 Å². The van der Waals surface area contributed by atoms with Crippen molar-refractivity contribution in [3.8, 4) is 0 Å². The van der Waals surface area contributed by atoms with E-state index in [-0.39, 0.29) is 6.10 Å². The molecule has 1 unspecified atom stereocenters. The van der Waals surface area contributed by atoms with E-state index in [1.165, 1.54) is 0 Å². The molecule has 0 saturated carbocycles. The lowest BCUT2D eigenvalue weighted by Gasteiger charge is -2.21. The Morgan fingerprint density at radius 2 is 2.25 bits per heavy atom. The van der Waals surface area contributed by atoms with E-state index in [0.29, 0.717) is 24.1 Å². The van der Waals surface area contributed by atoms with Gasteiger partial charge in [0.05, 0.1) is 18.5 Å². The summed E-state index contributed by atoms with van der Waals surface area (Å²) in [6.07, 6.45) is 2.12. The number of thioether (sulfide) groups is 1. The van der Waals surface area contributed by atoms with Gasteiger partial charge in [-0.15, -0.1) is 0 Å². The van der Waals surface area contributed by atoms with Crippen molar-refractivity contribution in [2.75, 3.05) is 12.9 Å². The molecule has 0 bridgehead atoms. The summed E-state index contributed by atoms with van der Waals surface area (Å²) in [6.45, 7) is 6.14. The Balaban J connectivity index is 2.65. The first-order valence-corrected chi connectivity index (χ1v) is 6.57. The molecule has 5 nitrogen and oxygen atoms in total. The standard InChI is InChI=1S/C10H19N3O2S/c1-7(2)14-6-10(3,11)9-12-8(5-16-4)15-13-9/h7H,5-6,11H2,1-4H3. The molecular weight excluding hydrogens is 226 g/mol. The van der Waals surface area contributed by atoms with Crippen LogP contribution in [0.2, 0.25) is 0 Å². The summed E-state index contributed by atoms with van der Waals surface area (Å²) in [6, 6.07) is 0. The normalized spacial score (nSPS) is 15.4. The van der Waals surface area contributed by atoms with Crippen LogP contribution in [-0.2, 0) is 16.0 Å². The molecule has 16 heavy (non-hydrogen) atoms. The first kappa shape index (κ1) is 13.5. The Bertz CT molecular complexity index is 326. The van der Waals surface area contributed by atoms with Crippen molar-refractivity contribution < 1.29 is 9.26 Å². The smallest absolute Gasteiger partial charge is 0.236 e. The Kier molecular flexibility index (Phi) is 4.76. The molecule has 0 aliphatic heterocycles. The number of aromatic nitrogens is 2. The van der Waals surface area contributed by atoms with Crippen LogP contribution in [0.4, 0.5) is 0 Å². The summed E-state index contributed by atoms with van der Waals surface area (Å²) in [5.74, 6) is 1.80. The van der Waals surface area contributed by atoms with Crippen LogP contribution < -0.4 is 5.73 Å². The molecule has 0 aliphatic rings. The van der Waals surface area contributed by atoms with E-state index < -0.39 is 5.54 Å². The number of ether oxygens (including phenoxy) is 1. The van der Waals surface area contributed by atoms with Crippen molar-refractivity contribution in [1.29, 1.82) is 0 Å². The van der Waals surface area contributed by atoms with Crippen LogP contribution in [0.15, 0.2) is 4.52 Å². The predicted octanol–water partition coefficient (Wildman–Crippen LogP) is 1.53. The average Bonchev–Trinajstić information content (AvgIpc) is 2.65. The fraction of sp³-hybridized carbons (Fsp3) is 0.800. The zero-order chi connectivity index (χ0) is 12.2. The average molecular weight is 245 g/mol. The fourth-order valence-electron chi connectivity index (χ4n) is 1.07. The Labute approximate surface area is 100 Å². The molecule has 92 valence electrons. The lowest BCUT2D eigenvalue weighted by Crippen LogP contribution is -2.40. The highest BCUT2D eigenvalue weighted by Crippen LogP contribution is 2.17. The van der Waals surface area contributed by atoms with E-state index in [1.807, 2.05) is 27.0 Å². The number of nitrogens with two attached hydrogens (primary N) is 1. The van der Waals surface area contributed by atoms with Gasteiger partial charge in [0, 0.05) is 0 Å². The second kappa shape index (κ2) is 5.65. The third-order valence-electron chi connectivity index (χ3n) is 1.96. The van der Waals surface area contributed by atoms with Gasteiger partial charge < -0.3 is 15.0 Å². The van der Waals surface area contributed by atoms with Crippen molar-refractivity contribution in [1.82, 2.24) is 10.1 Å². The molecule has 1 heterocycles. The van der Waals surface area contributed by atoms with Gasteiger partial charge in [0.2, 0.25) is 5.89 Å². The summed E-state index contributed by atoms with van der Waals surface area (Å²) >= 11 is 1.63. The highest BCUT2D eigenvalue weighted by molar-refractivity contribution is 7.97. The summed E-state index contributed by atoms with van der Waals surface area (Å²) in [5, 5.41) is 3.88. The van der Waals surface area contributed by atoms with Gasteiger partial charge in [0.15, 0.2) is 5.82 Å². The van der Waals surface area contributed by atoms with Crippen LogP contribution in [0.5, 0.6) is 0 Å². The minimum atomic E-state index is -0.704. The summed E-state index contributed by atoms with van der Waals surface area (Å²) in [5.41, 5.74) is 5.38. The SMILES string of the molecule is CSCc1nc(C(C)(N)COC(C)C)no1. The maximum absolute atomic E-state index is 6.08. The topological polar surface area (TPSA) is 74.2 Å². The van der Waals surface area contributed by atoms with Crippen molar-refractivity contribution in [3.63, 3.8) is 0 Å². The quantitative estimate of drug-likeness (QED) is 0.819. The molecule has 0 amide bonds. The van der Waals surface area contributed by atoms with Gasteiger partial charge in [-0.25, -0.2) is 0 Å². The first-order valence-electron chi connectivity index (χ1n) is 5.18. The molecule has 6 heteroatoms. The molecule has 0 spiro atoms. The van der Waals surface area contributed by atoms with Crippen LogP contribution in [-0.4, -0.2) is 29.1 Å². The minimum Gasteiger partial charge on any atom is -0.376 e. The highest BCUT2D eigenvalue weighted by atomic mass is 32.2.